The Bertz CT molecular complexity index is 1600. The van der Waals surface area contributed by atoms with E-state index in [4.69, 9.17) is 16.3 Å². The summed E-state index contributed by atoms with van der Waals surface area (Å²) in [5, 5.41) is 0.0943. The lowest BCUT2D eigenvalue weighted by molar-refractivity contribution is -0.138. The van der Waals surface area contributed by atoms with Gasteiger partial charge >= 0.3 is 11.9 Å². The van der Waals surface area contributed by atoms with E-state index in [1.807, 2.05) is 30.3 Å². The number of halogens is 5. The van der Waals surface area contributed by atoms with Crippen molar-refractivity contribution in [3.63, 3.8) is 0 Å². The van der Waals surface area contributed by atoms with Crippen molar-refractivity contribution >= 4 is 11.6 Å². The highest BCUT2D eigenvalue weighted by molar-refractivity contribution is 6.34. The molecule has 0 radical (unpaired) electrons. The van der Waals surface area contributed by atoms with Crippen LogP contribution in [0.15, 0.2) is 76.3 Å². The summed E-state index contributed by atoms with van der Waals surface area (Å²) in [6.45, 7) is 0.621. The molecule has 0 fully saturated rings. The molecule has 0 saturated heterocycles. The standard InChI is InChI=1S/C28H23ClF4N2O3/c1-17-24(19-10-6-13-23(38-2)25(19)29)26(36)34(15-14-18-8-4-3-5-9-18)27(37)35(17)16-20-21(28(31,32)33)11-7-12-22(20)30/h3-13H,14-16H2,1-2H3. The number of aromatic nitrogens is 2. The zero-order valence-corrected chi connectivity index (χ0v) is 21.2. The minimum absolute atomic E-state index is 0.00598. The Morgan fingerprint density at radius 1 is 0.921 bits per heavy atom. The van der Waals surface area contributed by atoms with Crippen LogP contribution in [0.25, 0.3) is 11.1 Å². The molecule has 198 valence electrons. The third kappa shape index (κ3) is 5.24. The molecule has 0 spiro atoms. The Labute approximate surface area is 220 Å². The normalized spacial score (nSPS) is 11.6. The quantitative estimate of drug-likeness (QED) is 0.263. The lowest BCUT2D eigenvalue weighted by Crippen LogP contribution is -2.43. The van der Waals surface area contributed by atoms with Crippen LogP contribution in [0.5, 0.6) is 5.75 Å². The summed E-state index contributed by atoms with van der Waals surface area (Å²) in [7, 11) is 1.40. The van der Waals surface area contributed by atoms with Crippen molar-refractivity contribution in [2.24, 2.45) is 0 Å². The zero-order chi connectivity index (χ0) is 27.6. The molecule has 0 aliphatic carbocycles. The molecule has 0 bridgehead atoms. The van der Waals surface area contributed by atoms with Gasteiger partial charge in [-0.1, -0.05) is 60.1 Å². The molecular weight excluding hydrogens is 524 g/mol. The van der Waals surface area contributed by atoms with Crippen molar-refractivity contribution in [1.29, 1.82) is 0 Å². The first-order chi connectivity index (χ1) is 18.0. The van der Waals surface area contributed by atoms with Crippen LogP contribution in [-0.4, -0.2) is 16.2 Å². The summed E-state index contributed by atoms with van der Waals surface area (Å²) in [6, 6.07) is 16.4. The summed E-state index contributed by atoms with van der Waals surface area (Å²) in [6.07, 6.45) is -4.55. The van der Waals surface area contributed by atoms with E-state index in [0.717, 1.165) is 32.9 Å². The van der Waals surface area contributed by atoms with Crippen LogP contribution in [0.2, 0.25) is 5.02 Å². The van der Waals surface area contributed by atoms with Crippen LogP contribution in [-0.2, 0) is 25.7 Å². The Balaban J connectivity index is 1.97. The predicted octanol–water partition coefficient (Wildman–Crippen LogP) is 6.10. The highest BCUT2D eigenvalue weighted by atomic mass is 35.5. The van der Waals surface area contributed by atoms with Crippen LogP contribution >= 0.6 is 11.6 Å². The second-order valence-corrected chi connectivity index (χ2v) is 8.99. The minimum atomic E-state index is -4.85. The van der Waals surface area contributed by atoms with Crippen LogP contribution in [0.4, 0.5) is 17.6 Å². The molecule has 3 aromatic carbocycles. The van der Waals surface area contributed by atoms with Gasteiger partial charge in [-0.3, -0.25) is 13.9 Å². The molecule has 0 unspecified atom stereocenters. The molecule has 0 amide bonds. The number of hydrogen-bond donors (Lipinski definition) is 0. The number of hydrogen-bond acceptors (Lipinski definition) is 3. The van der Waals surface area contributed by atoms with Crippen molar-refractivity contribution in [3.05, 3.63) is 121 Å². The minimum Gasteiger partial charge on any atom is -0.495 e. The van der Waals surface area contributed by atoms with Gasteiger partial charge in [-0.15, -0.1) is 0 Å². The predicted molar refractivity (Wildman–Crippen MR) is 137 cm³/mol. The molecule has 10 heteroatoms. The number of ether oxygens (including phenoxy) is 1. The fraction of sp³-hybridized carbons (Fsp3) is 0.214. The smallest absolute Gasteiger partial charge is 0.416 e. The summed E-state index contributed by atoms with van der Waals surface area (Å²) < 4.78 is 63.1. The van der Waals surface area contributed by atoms with E-state index >= 15 is 0 Å². The van der Waals surface area contributed by atoms with E-state index < -0.39 is 40.9 Å². The van der Waals surface area contributed by atoms with Gasteiger partial charge in [-0.05, 0) is 37.1 Å². The molecule has 0 N–H and O–H groups in total. The summed E-state index contributed by atoms with van der Waals surface area (Å²) in [5.41, 5.74) is -2.30. The fourth-order valence-electron chi connectivity index (χ4n) is 4.38. The van der Waals surface area contributed by atoms with Crippen LogP contribution in [0.3, 0.4) is 0 Å². The van der Waals surface area contributed by atoms with E-state index in [1.165, 1.54) is 14.0 Å². The van der Waals surface area contributed by atoms with Crippen LogP contribution in [0, 0.1) is 12.7 Å². The maximum atomic E-state index is 14.7. The van der Waals surface area contributed by atoms with Gasteiger partial charge in [0.05, 0.1) is 29.8 Å². The van der Waals surface area contributed by atoms with Crippen LogP contribution < -0.4 is 16.0 Å². The molecule has 4 rings (SSSR count). The highest BCUT2D eigenvalue weighted by Gasteiger charge is 2.35. The van der Waals surface area contributed by atoms with Gasteiger partial charge in [-0.2, -0.15) is 13.2 Å². The number of aryl methyl sites for hydroxylation is 1. The monoisotopic (exact) mass is 546 g/mol. The molecule has 0 aliphatic rings. The average Bonchev–Trinajstić information content (AvgIpc) is 2.88. The van der Waals surface area contributed by atoms with Crippen molar-refractivity contribution in [1.82, 2.24) is 9.13 Å². The Morgan fingerprint density at radius 3 is 2.26 bits per heavy atom. The Kier molecular flexibility index (Phi) is 7.78. The first-order valence-electron chi connectivity index (χ1n) is 11.6. The molecule has 0 atom stereocenters. The number of alkyl halides is 3. The maximum Gasteiger partial charge on any atom is 0.416 e. The molecule has 38 heavy (non-hydrogen) atoms. The van der Waals surface area contributed by atoms with Crippen molar-refractivity contribution in [2.45, 2.75) is 32.6 Å². The second-order valence-electron chi connectivity index (χ2n) is 8.61. The van der Waals surface area contributed by atoms with Gasteiger partial charge in [0.15, 0.2) is 0 Å². The number of rotatable bonds is 7. The van der Waals surface area contributed by atoms with Crippen molar-refractivity contribution in [2.75, 3.05) is 7.11 Å². The first kappa shape index (κ1) is 27.2. The molecule has 4 aromatic rings. The number of benzene rings is 3. The molecule has 1 aromatic heterocycles. The van der Waals surface area contributed by atoms with Gasteiger partial charge in [0.25, 0.3) is 5.56 Å². The first-order valence-corrected chi connectivity index (χ1v) is 12.0. The van der Waals surface area contributed by atoms with Gasteiger partial charge in [-0.25, -0.2) is 9.18 Å². The lowest BCUT2D eigenvalue weighted by Gasteiger charge is -2.20. The van der Waals surface area contributed by atoms with E-state index in [9.17, 15) is 27.2 Å². The van der Waals surface area contributed by atoms with E-state index in [1.54, 1.807) is 18.2 Å². The fourth-order valence-corrected chi connectivity index (χ4v) is 4.68. The lowest BCUT2D eigenvalue weighted by atomic mass is 10.0. The summed E-state index contributed by atoms with van der Waals surface area (Å²) in [4.78, 5) is 27.2. The van der Waals surface area contributed by atoms with Crippen molar-refractivity contribution in [3.8, 4) is 16.9 Å². The number of nitrogens with zero attached hydrogens (tertiary/aromatic N) is 2. The van der Waals surface area contributed by atoms with Gasteiger partial charge < -0.3 is 4.74 Å². The third-order valence-corrected chi connectivity index (χ3v) is 6.74. The maximum absolute atomic E-state index is 14.7. The van der Waals surface area contributed by atoms with Crippen LogP contribution in [0.1, 0.15) is 22.4 Å². The Hall–Kier alpha value is -3.85. The molecule has 0 saturated carbocycles. The molecule has 5 nitrogen and oxygen atoms in total. The van der Waals surface area contributed by atoms with Crippen molar-refractivity contribution < 1.29 is 22.3 Å². The SMILES string of the molecule is COc1cccc(-c2c(C)n(Cc3c(F)cccc3C(F)(F)F)c(=O)n(CCc3ccccc3)c2=O)c1Cl. The van der Waals surface area contributed by atoms with Gasteiger partial charge in [0, 0.05) is 23.4 Å². The summed E-state index contributed by atoms with van der Waals surface area (Å²) in [5.74, 6) is -0.848. The van der Waals surface area contributed by atoms with Gasteiger partial charge in [0.1, 0.15) is 11.6 Å². The van der Waals surface area contributed by atoms with Gasteiger partial charge in [0.2, 0.25) is 0 Å². The highest BCUT2D eigenvalue weighted by Crippen LogP contribution is 2.36. The molecule has 1 heterocycles. The van der Waals surface area contributed by atoms with E-state index in [-0.39, 0.29) is 34.1 Å². The largest absolute Gasteiger partial charge is 0.495 e. The summed E-state index contributed by atoms with van der Waals surface area (Å²) >= 11 is 6.51. The average molecular weight is 547 g/mol. The Morgan fingerprint density at radius 2 is 1.61 bits per heavy atom. The van der Waals surface area contributed by atoms with E-state index in [2.05, 4.69) is 0 Å². The zero-order valence-electron chi connectivity index (χ0n) is 20.5. The third-order valence-electron chi connectivity index (χ3n) is 6.35. The topological polar surface area (TPSA) is 53.2 Å². The molecular formula is C28H23ClF4N2O3. The second kappa shape index (κ2) is 10.9. The molecule has 0 aliphatic heterocycles. The number of methoxy groups -OCH3 is 1. The van der Waals surface area contributed by atoms with E-state index in [0.29, 0.717) is 6.42 Å².